The number of aryl methyl sites for hydroxylation is 1. The molecule has 0 saturated heterocycles. The van der Waals surface area contributed by atoms with E-state index in [9.17, 15) is 4.79 Å². The first kappa shape index (κ1) is 18.8. The molecule has 0 bridgehead atoms. The molecule has 0 spiro atoms. The summed E-state index contributed by atoms with van der Waals surface area (Å²) in [6, 6.07) is 22.5. The Morgan fingerprint density at radius 2 is 1.67 bits per heavy atom. The maximum absolute atomic E-state index is 12.3. The highest BCUT2D eigenvalue weighted by atomic mass is 35.5. The molecule has 138 valence electrons. The molecule has 0 radical (unpaired) electrons. The van der Waals surface area contributed by atoms with E-state index in [0.717, 1.165) is 11.1 Å². The Morgan fingerprint density at radius 3 is 2.44 bits per heavy atom. The van der Waals surface area contributed by atoms with Crippen molar-refractivity contribution in [3.63, 3.8) is 0 Å². The van der Waals surface area contributed by atoms with Gasteiger partial charge in [-0.3, -0.25) is 4.79 Å². The highest BCUT2D eigenvalue weighted by Gasteiger charge is 2.10. The summed E-state index contributed by atoms with van der Waals surface area (Å²) in [5.41, 5.74) is 2.54. The van der Waals surface area contributed by atoms with Crippen LogP contribution in [0, 0.1) is 6.92 Å². The largest absolute Gasteiger partial charge is 0.487 e. The lowest BCUT2D eigenvalue weighted by molar-refractivity contribution is -0.118. The molecule has 4 nitrogen and oxygen atoms in total. The molecule has 5 heteroatoms. The Kier molecular flexibility index (Phi) is 6.34. The molecule has 27 heavy (non-hydrogen) atoms. The van der Waals surface area contributed by atoms with Crippen LogP contribution in [0.3, 0.4) is 0 Å². The first-order chi connectivity index (χ1) is 13.1. The average molecular weight is 382 g/mol. The predicted molar refractivity (Wildman–Crippen MR) is 108 cm³/mol. The minimum Gasteiger partial charge on any atom is -0.487 e. The van der Waals surface area contributed by atoms with Crippen molar-refractivity contribution in [2.45, 2.75) is 13.5 Å². The van der Waals surface area contributed by atoms with Crippen LogP contribution in [0.1, 0.15) is 11.1 Å². The third kappa shape index (κ3) is 5.50. The zero-order valence-corrected chi connectivity index (χ0v) is 15.7. The number of carbonyl (C=O) groups excluding carboxylic acids is 1. The number of ether oxygens (including phenoxy) is 2. The van der Waals surface area contributed by atoms with Crippen molar-refractivity contribution in [2.24, 2.45) is 0 Å². The Hall–Kier alpha value is -2.98. The third-order valence-electron chi connectivity index (χ3n) is 3.89. The SMILES string of the molecule is Cc1cc(Cl)ccc1OCC(=O)Nc1ccccc1OCc1ccccc1. The first-order valence-electron chi connectivity index (χ1n) is 8.56. The predicted octanol–water partition coefficient (Wildman–Crippen LogP) is 5.24. The minimum absolute atomic E-state index is 0.102. The molecule has 1 amide bonds. The summed E-state index contributed by atoms with van der Waals surface area (Å²) < 4.78 is 11.4. The van der Waals surface area contributed by atoms with E-state index in [2.05, 4.69) is 5.32 Å². The van der Waals surface area contributed by atoms with E-state index in [4.69, 9.17) is 21.1 Å². The Labute approximate surface area is 163 Å². The number of rotatable bonds is 7. The monoisotopic (exact) mass is 381 g/mol. The van der Waals surface area contributed by atoms with Crippen LogP contribution in [0.25, 0.3) is 0 Å². The Morgan fingerprint density at radius 1 is 0.926 bits per heavy atom. The maximum atomic E-state index is 12.3. The number of amides is 1. The number of anilines is 1. The quantitative estimate of drug-likeness (QED) is 0.608. The minimum atomic E-state index is -0.264. The van der Waals surface area contributed by atoms with Gasteiger partial charge < -0.3 is 14.8 Å². The number of carbonyl (C=O) groups is 1. The fourth-order valence-electron chi connectivity index (χ4n) is 2.54. The van der Waals surface area contributed by atoms with Crippen molar-refractivity contribution in [3.05, 3.63) is 88.9 Å². The second-order valence-electron chi connectivity index (χ2n) is 6.02. The summed E-state index contributed by atoms with van der Waals surface area (Å²) >= 11 is 5.93. The van der Waals surface area contributed by atoms with Crippen molar-refractivity contribution in [1.82, 2.24) is 0 Å². The number of hydrogen-bond acceptors (Lipinski definition) is 3. The van der Waals surface area contributed by atoms with Gasteiger partial charge in [-0.05, 0) is 48.4 Å². The Balaban J connectivity index is 1.59. The van der Waals surface area contributed by atoms with Crippen LogP contribution >= 0.6 is 11.6 Å². The lowest BCUT2D eigenvalue weighted by atomic mass is 10.2. The molecule has 0 aliphatic rings. The average Bonchev–Trinajstić information content (AvgIpc) is 2.67. The van der Waals surface area contributed by atoms with Gasteiger partial charge in [-0.25, -0.2) is 0 Å². The van der Waals surface area contributed by atoms with Gasteiger partial charge in [0.15, 0.2) is 6.61 Å². The topological polar surface area (TPSA) is 47.6 Å². The molecular weight excluding hydrogens is 362 g/mol. The van der Waals surface area contributed by atoms with Gasteiger partial charge in [-0.1, -0.05) is 54.1 Å². The van der Waals surface area contributed by atoms with Crippen LogP contribution in [-0.4, -0.2) is 12.5 Å². The zero-order valence-electron chi connectivity index (χ0n) is 14.9. The lowest BCUT2D eigenvalue weighted by Crippen LogP contribution is -2.20. The third-order valence-corrected chi connectivity index (χ3v) is 4.13. The smallest absolute Gasteiger partial charge is 0.262 e. The molecule has 3 aromatic rings. The van der Waals surface area contributed by atoms with Gasteiger partial charge in [-0.2, -0.15) is 0 Å². The lowest BCUT2D eigenvalue weighted by Gasteiger charge is -2.13. The highest BCUT2D eigenvalue weighted by molar-refractivity contribution is 6.30. The van der Waals surface area contributed by atoms with Gasteiger partial charge in [0, 0.05) is 5.02 Å². The molecule has 3 aromatic carbocycles. The number of halogens is 1. The molecular formula is C22H20ClNO3. The summed E-state index contributed by atoms with van der Waals surface area (Å²) in [5.74, 6) is 0.973. The molecule has 0 heterocycles. The molecule has 0 fully saturated rings. The Bertz CT molecular complexity index is 912. The van der Waals surface area contributed by atoms with Crippen molar-refractivity contribution in [3.8, 4) is 11.5 Å². The maximum Gasteiger partial charge on any atom is 0.262 e. The summed E-state index contributed by atoms with van der Waals surface area (Å²) in [4.78, 5) is 12.3. The number of para-hydroxylation sites is 2. The highest BCUT2D eigenvalue weighted by Crippen LogP contribution is 2.25. The number of hydrogen-bond donors (Lipinski definition) is 1. The van der Waals surface area contributed by atoms with E-state index in [1.807, 2.05) is 55.5 Å². The van der Waals surface area contributed by atoms with E-state index >= 15 is 0 Å². The van der Waals surface area contributed by atoms with Crippen LogP contribution in [0.2, 0.25) is 5.02 Å². The van der Waals surface area contributed by atoms with Crippen molar-refractivity contribution in [1.29, 1.82) is 0 Å². The fourth-order valence-corrected chi connectivity index (χ4v) is 2.76. The van der Waals surface area contributed by atoms with E-state index in [1.54, 1.807) is 24.3 Å². The van der Waals surface area contributed by atoms with Crippen LogP contribution in [0.4, 0.5) is 5.69 Å². The van der Waals surface area contributed by atoms with Crippen molar-refractivity contribution >= 4 is 23.2 Å². The van der Waals surface area contributed by atoms with Crippen LogP contribution in [-0.2, 0) is 11.4 Å². The number of nitrogens with one attached hydrogen (secondary N) is 1. The van der Waals surface area contributed by atoms with Gasteiger partial charge in [0.25, 0.3) is 5.91 Å². The van der Waals surface area contributed by atoms with Crippen molar-refractivity contribution in [2.75, 3.05) is 11.9 Å². The van der Waals surface area contributed by atoms with E-state index in [1.165, 1.54) is 0 Å². The zero-order chi connectivity index (χ0) is 19.1. The molecule has 0 saturated carbocycles. The molecule has 0 aliphatic carbocycles. The molecule has 1 N–H and O–H groups in total. The van der Waals surface area contributed by atoms with Gasteiger partial charge in [0.2, 0.25) is 0 Å². The van der Waals surface area contributed by atoms with Crippen LogP contribution in [0.5, 0.6) is 11.5 Å². The first-order valence-corrected chi connectivity index (χ1v) is 8.94. The van der Waals surface area contributed by atoms with Gasteiger partial charge in [-0.15, -0.1) is 0 Å². The molecule has 0 aromatic heterocycles. The summed E-state index contributed by atoms with van der Waals surface area (Å²) in [6.07, 6.45) is 0. The van der Waals surface area contributed by atoms with Crippen LogP contribution < -0.4 is 14.8 Å². The summed E-state index contributed by atoms with van der Waals surface area (Å²) in [5, 5.41) is 3.47. The standard InChI is InChI=1S/C22H20ClNO3/c1-16-13-18(23)11-12-20(16)27-15-22(25)24-19-9-5-6-10-21(19)26-14-17-7-3-2-4-8-17/h2-13H,14-15H2,1H3,(H,24,25). The number of benzene rings is 3. The van der Waals surface area contributed by atoms with E-state index in [0.29, 0.717) is 28.8 Å². The molecule has 0 unspecified atom stereocenters. The molecule has 0 atom stereocenters. The van der Waals surface area contributed by atoms with Crippen LogP contribution in [0.15, 0.2) is 72.8 Å². The second-order valence-corrected chi connectivity index (χ2v) is 6.45. The normalized spacial score (nSPS) is 10.3. The molecule has 0 aliphatic heterocycles. The van der Waals surface area contributed by atoms with E-state index in [-0.39, 0.29) is 12.5 Å². The van der Waals surface area contributed by atoms with Crippen molar-refractivity contribution < 1.29 is 14.3 Å². The fraction of sp³-hybridized carbons (Fsp3) is 0.136. The van der Waals surface area contributed by atoms with Gasteiger partial charge in [0.05, 0.1) is 5.69 Å². The molecule has 3 rings (SSSR count). The summed E-state index contributed by atoms with van der Waals surface area (Å²) in [7, 11) is 0. The van der Waals surface area contributed by atoms with Gasteiger partial charge in [0.1, 0.15) is 18.1 Å². The summed E-state index contributed by atoms with van der Waals surface area (Å²) in [6.45, 7) is 2.20. The van der Waals surface area contributed by atoms with E-state index < -0.39 is 0 Å². The second kappa shape index (κ2) is 9.10. The van der Waals surface area contributed by atoms with Gasteiger partial charge >= 0.3 is 0 Å².